The number of hydrogen-bond donors (Lipinski definition) is 2. The normalized spacial score (nSPS) is 28.1. The first-order valence-corrected chi connectivity index (χ1v) is 6.94. The Hall–Kier alpha value is -1.02. The lowest BCUT2D eigenvalue weighted by Crippen LogP contribution is -2.34. The lowest BCUT2D eigenvalue weighted by molar-refractivity contribution is 0.240. The van der Waals surface area contributed by atoms with Crippen LogP contribution in [0.25, 0.3) is 0 Å². The Labute approximate surface area is 104 Å². The highest BCUT2D eigenvalue weighted by Crippen LogP contribution is 2.46. The first-order chi connectivity index (χ1) is 8.38. The van der Waals surface area contributed by atoms with E-state index in [-0.39, 0.29) is 0 Å². The molecule has 3 N–H and O–H groups in total. The third-order valence-corrected chi connectivity index (χ3v) is 4.49. The van der Waals surface area contributed by atoms with E-state index in [2.05, 4.69) is 29.6 Å². The SMILES string of the molecule is NCCC1CC(C2CCC2)c2ccccc2N1. The molecule has 1 aromatic carbocycles. The number of nitrogens with one attached hydrogen (secondary N) is 1. The molecule has 1 aliphatic heterocycles. The quantitative estimate of drug-likeness (QED) is 0.837. The molecule has 0 spiro atoms. The second kappa shape index (κ2) is 4.69. The summed E-state index contributed by atoms with van der Waals surface area (Å²) in [7, 11) is 0. The van der Waals surface area contributed by atoms with Crippen molar-refractivity contribution in [1.82, 2.24) is 0 Å². The monoisotopic (exact) mass is 230 g/mol. The highest BCUT2D eigenvalue weighted by Gasteiger charge is 2.34. The minimum atomic E-state index is 0.584. The van der Waals surface area contributed by atoms with Crippen molar-refractivity contribution in [3.8, 4) is 0 Å². The molecule has 0 aromatic heterocycles. The average Bonchev–Trinajstić information content (AvgIpc) is 2.27. The van der Waals surface area contributed by atoms with Gasteiger partial charge in [0.25, 0.3) is 0 Å². The molecule has 2 atom stereocenters. The third kappa shape index (κ3) is 2.06. The molecule has 3 rings (SSSR count). The van der Waals surface area contributed by atoms with Crippen molar-refractivity contribution in [1.29, 1.82) is 0 Å². The number of anilines is 1. The smallest absolute Gasteiger partial charge is 0.0377 e. The number of para-hydroxylation sites is 1. The van der Waals surface area contributed by atoms with E-state index in [4.69, 9.17) is 5.73 Å². The molecular weight excluding hydrogens is 208 g/mol. The fourth-order valence-electron chi connectivity index (χ4n) is 3.34. The summed E-state index contributed by atoms with van der Waals surface area (Å²) in [6.45, 7) is 0.789. The fourth-order valence-corrected chi connectivity index (χ4v) is 3.34. The van der Waals surface area contributed by atoms with Gasteiger partial charge in [-0.3, -0.25) is 0 Å². The molecule has 0 saturated heterocycles. The molecule has 1 aliphatic carbocycles. The van der Waals surface area contributed by atoms with Crippen molar-refractivity contribution in [2.75, 3.05) is 11.9 Å². The average molecular weight is 230 g/mol. The van der Waals surface area contributed by atoms with Crippen LogP contribution >= 0.6 is 0 Å². The van der Waals surface area contributed by atoms with Gasteiger partial charge in [0.15, 0.2) is 0 Å². The van der Waals surface area contributed by atoms with Gasteiger partial charge >= 0.3 is 0 Å². The standard InChI is InChI=1S/C15H22N2/c16-9-8-12-10-14(11-4-3-5-11)13-6-1-2-7-15(13)17-12/h1-2,6-7,11-12,14,17H,3-5,8-10,16H2. The highest BCUT2D eigenvalue weighted by atomic mass is 14.9. The van der Waals surface area contributed by atoms with Gasteiger partial charge in [0.1, 0.15) is 0 Å². The molecule has 2 unspecified atom stereocenters. The van der Waals surface area contributed by atoms with Crippen LogP contribution in [0.5, 0.6) is 0 Å². The second-order valence-electron chi connectivity index (χ2n) is 5.54. The summed E-state index contributed by atoms with van der Waals surface area (Å²) in [4.78, 5) is 0. The summed E-state index contributed by atoms with van der Waals surface area (Å²) in [6, 6.07) is 9.43. The van der Waals surface area contributed by atoms with E-state index in [0.29, 0.717) is 6.04 Å². The van der Waals surface area contributed by atoms with Gasteiger partial charge < -0.3 is 11.1 Å². The van der Waals surface area contributed by atoms with Crippen LogP contribution in [0.1, 0.15) is 43.6 Å². The van der Waals surface area contributed by atoms with Crippen LogP contribution in [-0.4, -0.2) is 12.6 Å². The minimum Gasteiger partial charge on any atom is -0.382 e. The van der Waals surface area contributed by atoms with E-state index in [0.717, 1.165) is 24.8 Å². The minimum absolute atomic E-state index is 0.584. The summed E-state index contributed by atoms with van der Waals surface area (Å²) in [6.07, 6.45) is 6.65. The predicted octanol–water partition coefficient (Wildman–Crippen LogP) is 3.10. The maximum absolute atomic E-state index is 5.71. The van der Waals surface area contributed by atoms with Crippen LogP contribution in [0.2, 0.25) is 0 Å². The zero-order chi connectivity index (χ0) is 11.7. The van der Waals surface area contributed by atoms with Crippen molar-refractivity contribution >= 4 is 5.69 Å². The molecular formula is C15H22N2. The Morgan fingerprint density at radius 2 is 2.06 bits per heavy atom. The lowest BCUT2D eigenvalue weighted by atomic mass is 9.69. The van der Waals surface area contributed by atoms with Crippen molar-refractivity contribution in [3.63, 3.8) is 0 Å². The topological polar surface area (TPSA) is 38.0 Å². The van der Waals surface area contributed by atoms with E-state index in [9.17, 15) is 0 Å². The highest BCUT2D eigenvalue weighted by molar-refractivity contribution is 5.56. The molecule has 1 saturated carbocycles. The number of fused-ring (bicyclic) bond motifs is 1. The van der Waals surface area contributed by atoms with Crippen LogP contribution < -0.4 is 11.1 Å². The molecule has 0 radical (unpaired) electrons. The van der Waals surface area contributed by atoms with Gasteiger partial charge in [-0.1, -0.05) is 24.6 Å². The molecule has 0 amide bonds. The Bertz CT molecular complexity index is 384. The molecule has 92 valence electrons. The first-order valence-electron chi connectivity index (χ1n) is 6.94. The van der Waals surface area contributed by atoms with Gasteiger partial charge in [-0.2, -0.15) is 0 Å². The van der Waals surface area contributed by atoms with Crippen LogP contribution in [0.3, 0.4) is 0 Å². The van der Waals surface area contributed by atoms with Crippen LogP contribution in [0.4, 0.5) is 5.69 Å². The van der Waals surface area contributed by atoms with Gasteiger partial charge in [0.2, 0.25) is 0 Å². The summed E-state index contributed by atoms with van der Waals surface area (Å²) in [5, 5.41) is 3.65. The van der Waals surface area contributed by atoms with Crippen LogP contribution in [-0.2, 0) is 0 Å². The number of benzene rings is 1. The van der Waals surface area contributed by atoms with E-state index in [1.807, 2.05) is 0 Å². The lowest BCUT2D eigenvalue weighted by Gasteiger charge is -2.41. The zero-order valence-electron chi connectivity index (χ0n) is 10.4. The number of rotatable bonds is 3. The van der Waals surface area contributed by atoms with Gasteiger partial charge in [-0.25, -0.2) is 0 Å². The largest absolute Gasteiger partial charge is 0.382 e. The van der Waals surface area contributed by atoms with Crippen molar-refractivity contribution in [2.45, 2.75) is 44.1 Å². The van der Waals surface area contributed by atoms with Gasteiger partial charge in [-0.15, -0.1) is 0 Å². The van der Waals surface area contributed by atoms with E-state index in [1.165, 1.54) is 31.4 Å². The fraction of sp³-hybridized carbons (Fsp3) is 0.600. The van der Waals surface area contributed by atoms with E-state index in [1.54, 1.807) is 5.56 Å². The van der Waals surface area contributed by atoms with Crippen molar-refractivity contribution in [2.24, 2.45) is 11.7 Å². The Kier molecular flexibility index (Phi) is 3.06. The number of hydrogen-bond acceptors (Lipinski definition) is 2. The van der Waals surface area contributed by atoms with Crippen LogP contribution in [0.15, 0.2) is 24.3 Å². The predicted molar refractivity (Wildman–Crippen MR) is 72.2 cm³/mol. The molecule has 2 aliphatic rings. The van der Waals surface area contributed by atoms with Crippen molar-refractivity contribution in [3.05, 3.63) is 29.8 Å². The van der Waals surface area contributed by atoms with E-state index >= 15 is 0 Å². The summed E-state index contributed by atoms with van der Waals surface area (Å²) >= 11 is 0. The maximum Gasteiger partial charge on any atom is 0.0377 e. The Morgan fingerprint density at radius 3 is 2.76 bits per heavy atom. The second-order valence-corrected chi connectivity index (χ2v) is 5.54. The molecule has 1 fully saturated rings. The Balaban J connectivity index is 1.86. The van der Waals surface area contributed by atoms with Gasteiger partial charge in [0, 0.05) is 11.7 Å². The van der Waals surface area contributed by atoms with Crippen LogP contribution in [0, 0.1) is 5.92 Å². The molecule has 1 aromatic rings. The summed E-state index contributed by atoms with van der Waals surface area (Å²) < 4.78 is 0. The zero-order valence-corrected chi connectivity index (χ0v) is 10.4. The third-order valence-electron chi connectivity index (χ3n) is 4.49. The first kappa shape index (κ1) is 11.1. The number of nitrogens with two attached hydrogens (primary N) is 1. The van der Waals surface area contributed by atoms with E-state index < -0.39 is 0 Å². The summed E-state index contributed by atoms with van der Waals surface area (Å²) in [5.74, 6) is 1.70. The molecule has 1 heterocycles. The molecule has 2 nitrogen and oxygen atoms in total. The van der Waals surface area contributed by atoms with Gasteiger partial charge in [0.05, 0.1) is 0 Å². The van der Waals surface area contributed by atoms with Crippen molar-refractivity contribution < 1.29 is 0 Å². The molecule has 0 bridgehead atoms. The molecule has 2 heteroatoms. The van der Waals surface area contributed by atoms with Gasteiger partial charge in [-0.05, 0) is 55.7 Å². The maximum atomic E-state index is 5.71. The summed E-state index contributed by atoms with van der Waals surface area (Å²) in [5.41, 5.74) is 8.61. The Morgan fingerprint density at radius 1 is 1.24 bits per heavy atom. The molecule has 17 heavy (non-hydrogen) atoms.